The summed E-state index contributed by atoms with van der Waals surface area (Å²) in [6, 6.07) is 15.8. The van der Waals surface area contributed by atoms with Gasteiger partial charge in [-0.05, 0) is 62.1 Å². The van der Waals surface area contributed by atoms with Gasteiger partial charge in [0.1, 0.15) is 36.9 Å². The Labute approximate surface area is 204 Å². The maximum absolute atomic E-state index is 10.5. The van der Waals surface area contributed by atoms with E-state index in [4.69, 9.17) is 18.9 Å². The first-order valence-corrected chi connectivity index (χ1v) is 11.9. The van der Waals surface area contributed by atoms with Crippen molar-refractivity contribution < 1.29 is 29.2 Å². The number of ether oxygens (including phenoxy) is 4. The van der Waals surface area contributed by atoms with Gasteiger partial charge in [0, 0.05) is 33.4 Å². The van der Waals surface area contributed by atoms with E-state index in [1.165, 1.54) is 11.1 Å². The Hall–Kier alpha value is -2.16. The molecular weight excluding hydrogens is 434 g/mol. The lowest BCUT2D eigenvalue weighted by Gasteiger charge is -2.30. The largest absolute Gasteiger partial charge is 0.491 e. The van der Waals surface area contributed by atoms with E-state index < -0.39 is 12.2 Å². The van der Waals surface area contributed by atoms with Gasteiger partial charge in [-0.3, -0.25) is 4.90 Å². The van der Waals surface area contributed by atoms with Crippen molar-refractivity contribution in [1.29, 1.82) is 0 Å². The van der Waals surface area contributed by atoms with Crippen LogP contribution >= 0.6 is 0 Å². The number of methoxy groups -OCH3 is 2. The molecule has 0 aromatic heterocycles. The van der Waals surface area contributed by atoms with Crippen LogP contribution in [0.5, 0.6) is 11.5 Å². The number of aliphatic hydroxyl groups is 2. The maximum Gasteiger partial charge on any atom is 0.119 e. The zero-order valence-electron chi connectivity index (χ0n) is 21.0. The predicted molar refractivity (Wildman–Crippen MR) is 134 cm³/mol. The summed E-state index contributed by atoms with van der Waals surface area (Å²) in [7, 11) is 3.38. The minimum absolute atomic E-state index is 0.157. The summed E-state index contributed by atoms with van der Waals surface area (Å²) in [5.41, 5.74) is 2.36. The Bertz CT molecular complexity index is 717. The first-order chi connectivity index (χ1) is 16.4. The van der Waals surface area contributed by atoms with Crippen molar-refractivity contribution in [2.24, 2.45) is 0 Å². The van der Waals surface area contributed by atoms with Crippen LogP contribution in [-0.2, 0) is 22.3 Å². The summed E-state index contributed by atoms with van der Waals surface area (Å²) in [4.78, 5) is 2.03. The van der Waals surface area contributed by atoms with Crippen molar-refractivity contribution in [3.63, 3.8) is 0 Å². The van der Waals surface area contributed by atoms with Gasteiger partial charge in [-0.2, -0.15) is 0 Å². The molecule has 190 valence electrons. The molecule has 0 aliphatic rings. The van der Waals surface area contributed by atoms with Crippen LogP contribution in [0.4, 0.5) is 0 Å². The second-order valence-electron chi connectivity index (χ2n) is 8.75. The maximum atomic E-state index is 10.5. The first-order valence-electron chi connectivity index (χ1n) is 11.9. The van der Waals surface area contributed by atoms with Gasteiger partial charge in [-0.1, -0.05) is 24.3 Å². The third-order valence-electron chi connectivity index (χ3n) is 5.54. The molecule has 7 nitrogen and oxygen atoms in total. The highest BCUT2D eigenvalue weighted by Gasteiger charge is 2.19. The third-order valence-corrected chi connectivity index (χ3v) is 5.54. The molecule has 2 unspecified atom stereocenters. The van der Waals surface area contributed by atoms with E-state index in [1.54, 1.807) is 14.2 Å². The lowest BCUT2D eigenvalue weighted by atomic mass is 10.1. The molecule has 0 heterocycles. The van der Waals surface area contributed by atoms with Crippen LogP contribution < -0.4 is 9.47 Å². The van der Waals surface area contributed by atoms with Crippen LogP contribution in [0.25, 0.3) is 0 Å². The average Bonchev–Trinajstić information content (AvgIpc) is 2.84. The highest BCUT2D eigenvalue weighted by molar-refractivity contribution is 5.28. The van der Waals surface area contributed by atoms with Crippen molar-refractivity contribution in [1.82, 2.24) is 4.90 Å². The molecule has 0 fully saturated rings. The van der Waals surface area contributed by atoms with Crippen LogP contribution in [0.3, 0.4) is 0 Å². The van der Waals surface area contributed by atoms with Crippen LogP contribution in [-0.4, -0.2) is 87.1 Å². The third kappa shape index (κ3) is 10.8. The summed E-state index contributed by atoms with van der Waals surface area (Å²) in [5, 5.41) is 21.0. The molecule has 2 rings (SSSR count). The van der Waals surface area contributed by atoms with Crippen molar-refractivity contribution >= 4 is 0 Å². The Morgan fingerprint density at radius 2 is 1.06 bits per heavy atom. The summed E-state index contributed by atoms with van der Waals surface area (Å²) in [5.74, 6) is 1.44. The summed E-state index contributed by atoms with van der Waals surface area (Å²) >= 11 is 0. The van der Waals surface area contributed by atoms with E-state index >= 15 is 0 Å². The van der Waals surface area contributed by atoms with E-state index in [0.29, 0.717) is 26.3 Å². The number of benzene rings is 2. The van der Waals surface area contributed by atoms with E-state index in [1.807, 2.05) is 67.3 Å². The highest BCUT2D eigenvalue weighted by atomic mass is 16.5. The van der Waals surface area contributed by atoms with Crippen molar-refractivity contribution in [3.8, 4) is 11.5 Å². The molecule has 0 aliphatic heterocycles. The molecule has 2 N–H and O–H groups in total. The summed E-state index contributed by atoms with van der Waals surface area (Å²) in [6.45, 7) is 6.61. The van der Waals surface area contributed by atoms with Gasteiger partial charge >= 0.3 is 0 Å². The van der Waals surface area contributed by atoms with E-state index in [-0.39, 0.29) is 19.3 Å². The average molecular weight is 476 g/mol. The summed E-state index contributed by atoms with van der Waals surface area (Å²) < 4.78 is 21.7. The predicted octanol–water partition coefficient (Wildman–Crippen LogP) is 2.95. The van der Waals surface area contributed by atoms with E-state index in [0.717, 1.165) is 24.3 Å². The Kier molecular flexibility index (Phi) is 13.0. The second-order valence-corrected chi connectivity index (χ2v) is 8.75. The molecule has 2 atom stereocenters. The molecular formula is C27H41NO6. The molecule has 0 saturated carbocycles. The lowest BCUT2D eigenvalue weighted by molar-refractivity contribution is 0.0196. The standard InChI is InChI=1S/C27H41NO6/c1-21(2)28(17-24(29)19-33-26-9-5-22(6-10-26)13-15-31-3)18-25(30)20-34-27-11-7-23(8-12-27)14-16-32-4/h5-12,21,24-25,29-30H,13-20H2,1-4H3. The quantitative estimate of drug-likeness (QED) is 0.364. The number of rotatable bonds is 17. The van der Waals surface area contributed by atoms with Gasteiger partial charge in [0.25, 0.3) is 0 Å². The Balaban J connectivity index is 1.74. The molecule has 0 aliphatic carbocycles. The van der Waals surface area contributed by atoms with Gasteiger partial charge < -0.3 is 29.2 Å². The van der Waals surface area contributed by atoms with Gasteiger partial charge in [0.2, 0.25) is 0 Å². The van der Waals surface area contributed by atoms with Gasteiger partial charge in [-0.15, -0.1) is 0 Å². The first kappa shape index (κ1) is 28.1. The molecule has 0 bridgehead atoms. The number of nitrogens with zero attached hydrogens (tertiary/aromatic N) is 1. The van der Waals surface area contributed by atoms with Gasteiger partial charge in [0.05, 0.1) is 13.2 Å². The van der Waals surface area contributed by atoms with Crippen LogP contribution in [0.1, 0.15) is 25.0 Å². The van der Waals surface area contributed by atoms with Gasteiger partial charge in [-0.25, -0.2) is 0 Å². The number of hydrogen-bond acceptors (Lipinski definition) is 7. The minimum atomic E-state index is -0.677. The fraction of sp³-hybridized carbons (Fsp3) is 0.556. The van der Waals surface area contributed by atoms with E-state index in [2.05, 4.69) is 0 Å². The lowest BCUT2D eigenvalue weighted by Crippen LogP contribution is -2.45. The second kappa shape index (κ2) is 15.7. The molecule has 0 radical (unpaired) electrons. The minimum Gasteiger partial charge on any atom is -0.491 e. The zero-order chi connectivity index (χ0) is 24.8. The molecule has 0 spiro atoms. The number of hydrogen-bond donors (Lipinski definition) is 2. The van der Waals surface area contributed by atoms with Gasteiger partial charge in [0.15, 0.2) is 0 Å². The zero-order valence-corrected chi connectivity index (χ0v) is 21.0. The molecule has 2 aromatic rings. The monoisotopic (exact) mass is 475 g/mol. The number of aliphatic hydroxyl groups excluding tert-OH is 2. The molecule has 34 heavy (non-hydrogen) atoms. The Morgan fingerprint density at radius 1 is 0.676 bits per heavy atom. The Morgan fingerprint density at radius 3 is 1.38 bits per heavy atom. The van der Waals surface area contributed by atoms with Crippen molar-refractivity contribution in [3.05, 3.63) is 59.7 Å². The highest BCUT2D eigenvalue weighted by Crippen LogP contribution is 2.15. The van der Waals surface area contributed by atoms with Crippen LogP contribution in [0, 0.1) is 0 Å². The molecule has 0 amide bonds. The molecule has 0 saturated heterocycles. The molecule has 2 aromatic carbocycles. The van der Waals surface area contributed by atoms with Crippen molar-refractivity contribution in [2.45, 2.75) is 44.9 Å². The summed E-state index contributed by atoms with van der Waals surface area (Å²) in [6.07, 6.45) is 0.356. The SMILES string of the molecule is COCCc1ccc(OCC(O)CN(CC(O)COc2ccc(CCOC)cc2)C(C)C)cc1. The van der Waals surface area contributed by atoms with Crippen molar-refractivity contribution in [2.75, 3.05) is 53.7 Å². The van der Waals surface area contributed by atoms with Crippen LogP contribution in [0.15, 0.2) is 48.5 Å². The fourth-order valence-electron chi connectivity index (χ4n) is 3.47. The van der Waals surface area contributed by atoms with Crippen LogP contribution in [0.2, 0.25) is 0 Å². The van der Waals surface area contributed by atoms with E-state index in [9.17, 15) is 10.2 Å². The normalized spacial score (nSPS) is 13.3. The topological polar surface area (TPSA) is 80.6 Å². The molecule has 7 heteroatoms. The smallest absolute Gasteiger partial charge is 0.119 e. The fourth-order valence-corrected chi connectivity index (χ4v) is 3.47.